The van der Waals surface area contributed by atoms with E-state index >= 15 is 0 Å². The number of isocyanates is 1. The number of hydrogen-bond acceptors (Lipinski definition) is 5. The molecule has 3 aromatic rings. The largest absolute Gasteiger partial charge is 0.416 e. The first kappa shape index (κ1) is 25.0. The van der Waals surface area contributed by atoms with Crippen LogP contribution in [0.25, 0.3) is 27.5 Å². The minimum Gasteiger partial charge on any atom is -0.293 e. The number of carbonyl (C=O) groups excluding carboxylic acids is 2. The molecule has 0 bridgehead atoms. The van der Waals surface area contributed by atoms with E-state index in [4.69, 9.17) is 5.53 Å². The normalized spacial score (nSPS) is 10.3. The Morgan fingerprint density at radius 1 is 1.15 bits per heavy atom. The van der Waals surface area contributed by atoms with Gasteiger partial charge in [-0.05, 0) is 46.9 Å². The van der Waals surface area contributed by atoms with Crippen LogP contribution in [-0.4, -0.2) is 33.3 Å². The van der Waals surface area contributed by atoms with E-state index in [1.54, 1.807) is 6.92 Å². The number of benzene rings is 2. The molecule has 1 amide bonds. The van der Waals surface area contributed by atoms with Crippen LogP contribution in [0.3, 0.4) is 0 Å². The van der Waals surface area contributed by atoms with Gasteiger partial charge in [0.1, 0.15) is 6.33 Å². The molecule has 2 aromatic carbocycles. The maximum atomic E-state index is 12.6. The molecule has 0 unspecified atom stereocenters. The second kappa shape index (κ2) is 11.9. The Kier molecular flexibility index (Phi) is 9.05. The summed E-state index contributed by atoms with van der Waals surface area (Å²) >= 11 is 0. The zero-order valence-corrected chi connectivity index (χ0v) is 17.4. The molecule has 1 aromatic heterocycles. The molecule has 33 heavy (non-hydrogen) atoms. The van der Waals surface area contributed by atoms with Gasteiger partial charge in [-0.1, -0.05) is 31.2 Å². The molecule has 0 saturated heterocycles. The van der Waals surface area contributed by atoms with Gasteiger partial charge < -0.3 is 0 Å². The van der Waals surface area contributed by atoms with E-state index in [9.17, 15) is 22.8 Å². The summed E-state index contributed by atoms with van der Waals surface area (Å²) in [6.45, 7) is 2.01. The number of carbonyl (C=O) groups is 1. The van der Waals surface area contributed by atoms with Crippen LogP contribution in [0, 0.1) is 0 Å². The first-order valence-electron chi connectivity index (χ1n) is 9.58. The van der Waals surface area contributed by atoms with Gasteiger partial charge in [-0.2, -0.15) is 13.2 Å². The fraction of sp³-hybridized carbons (Fsp3) is 0.238. The van der Waals surface area contributed by atoms with Crippen molar-refractivity contribution in [3.05, 3.63) is 76.4 Å². The van der Waals surface area contributed by atoms with E-state index < -0.39 is 17.6 Å². The van der Waals surface area contributed by atoms with Crippen LogP contribution < -0.4 is 0 Å². The first-order chi connectivity index (χ1) is 15.8. The van der Waals surface area contributed by atoms with Gasteiger partial charge in [0.15, 0.2) is 5.82 Å². The number of alkyl halides is 3. The lowest BCUT2D eigenvalue weighted by Crippen LogP contribution is -2.05. The molecule has 0 atom stereocenters. The first-order valence-corrected chi connectivity index (χ1v) is 9.58. The molecule has 0 spiro atoms. The van der Waals surface area contributed by atoms with E-state index in [-0.39, 0.29) is 6.42 Å². The molecule has 1 heterocycles. The SMILES string of the molecule is CCC(=O)N=[N+]=[N-].O=C=NCCc1ccc(-c2ncn(-c3ccc(C(F)(F)F)cc3)n2)cc1. The van der Waals surface area contributed by atoms with Gasteiger partial charge in [-0.25, -0.2) is 19.5 Å². The molecule has 0 fully saturated rings. The number of halogens is 3. The monoisotopic (exact) mass is 457 g/mol. The number of nitrogens with zero attached hydrogens (tertiary/aromatic N) is 7. The van der Waals surface area contributed by atoms with Crippen molar-refractivity contribution in [2.45, 2.75) is 25.9 Å². The van der Waals surface area contributed by atoms with E-state index in [1.165, 1.54) is 29.2 Å². The second-order valence-corrected chi connectivity index (χ2v) is 6.41. The molecule has 0 N–H and O–H groups in total. The summed E-state index contributed by atoms with van der Waals surface area (Å²) in [5.41, 5.74) is 9.16. The average Bonchev–Trinajstić information content (AvgIpc) is 3.30. The third-order valence-corrected chi connectivity index (χ3v) is 4.20. The highest BCUT2D eigenvalue weighted by Crippen LogP contribution is 2.29. The molecule has 0 saturated carbocycles. The summed E-state index contributed by atoms with van der Waals surface area (Å²) in [6, 6.07) is 12.2. The van der Waals surface area contributed by atoms with Gasteiger partial charge in [0.05, 0.1) is 17.8 Å². The lowest BCUT2D eigenvalue weighted by Gasteiger charge is -2.07. The van der Waals surface area contributed by atoms with E-state index in [2.05, 4.69) is 25.1 Å². The highest BCUT2D eigenvalue weighted by Gasteiger charge is 2.30. The van der Waals surface area contributed by atoms with Crippen LogP contribution in [0.1, 0.15) is 24.5 Å². The Morgan fingerprint density at radius 3 is 2.33 bits per heavy atom. The summed E-state index contributed by atoms with van der Waals surface area (Å²) < 4.78 is 39.3. The molecule has 12 heteroatoms. The molecule has 0 radical (unpaired) electrons. The number of azide groups is 1. The third-order valence-electron chi connectivity index (χ3n) is 4.20. The highest BCUT2D eigenvalue weighted by molar-refractivity contribution is 5.76. The van der Waals surface area contributed by atoms with Crippen molar-refractivity contribution in [3.8, 4) is 17.1 Å². The predicted molar refractivity (Wildman–Crippen MR) is 113 cm³/mol. The molecule has 0 aliphatic rings. The van der Waals surface area contributed by atoms with Crippen molar-refractivity contribution >= 4 is 12.0 Å². The molecule has 9 nitrogen and oxygen atoms in total. The maximum Gasteiger partial charge on any atom is 0.416 e. The van der Waals surface area contributed by atoms with Crippen LogP contribution in [0.15, 0.2) is 65.0 Å². The van der Waals surface area contributed by atoms with Crippen molar-refractivity contribution in [1.82, 2.24) is 14.8 Å². The van der Waals surface area contributed by atoms with Gasteiger partial charge in [-0.3, -0.25) is 4.79 Å². The van der Waals surface area contributed by atoms with Crippen molar-refractivity contribution in [2.75, 3.05) is 6.54 Å². The summed E-state index contributed by atoms with van der Waals surface area (Å²) in [5.74, 6) is 0.0462. The lowest BCUT2D eigenvalue weighted by atomic mass is 10.1. The standard InChI is InChI=1S/C18H13F3N4O.C3H5N3O/c19-18(20,21)15-5-7-16(8-6-15)25-11-23-17(24-25)14-3-1-13(2-4-14)9-10-22-12-26;1-2-3(7)5-6-4/h1-8,11H,9-10H2;2H2,1H3. The maximum absolute atomic E-state index is 12.6. The fourth-order valence-corrected chi connectivity index (χ4v) is 2.49. The summed E-state index contributed by atoms with van der Waals surface area (Å²) in [5, 5.41) is 7.09. The van der Waals surface area contributed by atoms with Gasteiger partial charge in [0.2, 0.25) is 12.0 Å². The van der Waals surface area contributed by atoms with Gasteiger partial charge in [0.25, 0.3) is 0 Å². The van der Waals surface area contributed by atoms with E-state index in [0.29, 0.717) is 24.5 Å². The molecular formula is C21H18F3N7O2. The third kappa shape index (κ3) is 7.73. The minimum absolute atomic E-state index is 0.282. The Bertz CT molecular complexity index is 1160. The zero-order chi connectivity index (χ0) is 24.3. The predicted octanol–water partition coefficient (Wildman–Crippen LogP) is 5.06. The Morgan fingerprint density at radius 2 is 1.82 bits per heavy atom. The average molecular weight is 457 g/mol. The summed E-state index contributed by atoms with van der Waals surface area (Å²) in [6.07, 6.45) is -0.516. The zero-order valence-electron chi connectivity index (χ0n) is 17.4. The topological polar surface area (TPSA) is 126 Å². The number of aliphatic imine (C=N–C) groups is 1. The fourth-order valence-electron chi connectivity index (χ4n) is 2.49. The van der Waals surface area contributed by atoms with E-state index in [0.717, 1.165) is 23.3 Å². The summed E-state index contributed by atoms with van der Waals surface area (Å²) in [4.78, 5) is 30.0. The highest BCUT2D eigenvalue weighted by atomic mass is 19.4. The molecule has 3 rings (SSSR count). The van der Waals surface area contributed by atoms with Crippen LogP contribution in [0.2, 0.25) is 0 Å². The second-order valence-electron chi connectivity index (χ2n) is 6.41. The molecule has 0 aliphatic heterocycles. The lowest BCUT2D eigenvalue weighted by molar-refractivity contribution is -0.137. The van der Waals surface area contributed by atoms with Gasteiger partial charge >= 0.3 is 6.18 Å². The number of hydrogen-bond donors (Lipinski definition) is 0. The quantitative estimate of drug-likeness (QED) is 0.168. The molecule has 0 aliphatic carbocycles. The Hall–Kier alpha value is -4.27. The van der Waals surface area contributed by atoms with Crippen LogP contribution in [0.5, 0.6) is 0 Å². The van der Waals surface area contributed by atoms with E-state index in [1.807, 2.05) is 24.3 Å². The number of aromatic nitrogens is 3. The summed E-state index contributed by atoms with van der Waals surface area (Å²) in [7, 11) is 0. The molecular weight excluding hydrogens is 439 g/mol. The Labute approximate surface area is 186 Å². The van der Waals surface area contributed by atoms with Crippen molar-refractivity contribution in [2.24, 2.45) is 10.1 Å². The Balaban J connectivity index is 0.000000479. The minimum atomic E-state index is -4.37. The van der Waals surface area contributed by atoms with Crippen LogP contribution in [0.4, 0.5) is 13.2 Å². The number of rotatable bonds is 6. The van der Waals surface area contributed by atoms with Crippen LogP contribution in [-0.2, 0) is 22.2 Å². The van der Waals surface area contributed by atoms with Gasteiger partial charge in [0, 0.05) is 16.9 Å². The van der Waals surface area contributed by atoms with Crippen molar-refractivity contribution in [3.63, 3.8) is 0 Å². The number of amides is 1. The van der Waals surface area contributed by atoms with Crippen molar-refractivity contribution in [1.29, 1.82) is 0 Å². The molecule has 170 valence electrons. The van der Waals surface area contributed by atoms with Crippen LogP contribution >= 0.6 is 0 Å². The van der Waals surface area contributed by atoms with Gasteiger partial charge in [-0.15, -0.1) is 5.10 Å². The smallest absolute Gasteiger partial charge is 0.293 e. The van der Waals surface area contributed by atoms with Crippen molar-refractivity contribution < 1.29 is 22.8 Å².